The summed E-state index contributed by atoms with van der Waals surface area (Å²) in [5.41, 5.74) is 1.99. The van der Waals surface area contributed by atoms with Crippen LogP contribution in [0.5, 0.6) is 0 Å². The number of esters is 1. The molecule has 1 aliphatic rings. The number of fused-ring (bicyclic) bond motifs is 1. The first-order valence-corrected chi connectivity index (χ1v) is 6.90. The predicted octanol–water partition coefficient (Wildman–Crippen LogP) is 1.58. The first-order chi connectivity index (χ1) is 9.67. The minimum Gasteiger partial charge on any atom is -0.469 e. The molecule has 0 amide bonds. The fourth-order valence-corrected chi connectivity index (χ4v) is 2.95. The topological polar surface area (TPSA) is 46.8 Å². The van der Waals surface area contributed by atoms with Gasteiger partial charge in [0.25, 0.3) is 0 Å². The summed E-state index contributed by atoms with van der Waals surface area (Å²) in [6, 6.07) is 5.97. The predicted molar refractivity (Wildman–Crippen MR) is 75.1 cm³/mol. The zero-order valence-electron chi connectivity index (χ0n) is 11.8. The number of carbonyl (C=O) groups is 1. The van der Waals surface area contributed by atoms with Crippen LogP contribution in [0.4, 0.5) is 0 Å². The van der Waals surface area contributed by atoms with Gasteiger partial charge in [0.05, 0.1) is 18.7 Å². The Hall–Kier alpha value is -1.88. The van der Waals surface area contributed by atoms with E-state index in [0.29, 0.717) is 5.92 Å². The van der Waals surface area contributed by atoms with E-state index in [-0.39, 0.29) is 11.9 Å². The van der Waals surface area contributed by atoms with Crippen molar-refractivity contribution in [1.29, 1.82) is 0 Å². The van der Waals surface area contributed by atoms with E-state index in [1.807, 2.05) is 35.0 Å². The lowest BCUT2D eigenvalue weighted by molar-refractivity contribution is -0.146. The molecule has 0 spiro atoms. The van der Waals surface area contributed by atoms with Crippen LogP contribution in [0.2, 0.25) is 0 Å². The highest BCUT2D eigenvalue weighted by Crippen LogP contribution is 2.25. The van der Waals surface area contributed by atoms with E-state index in [1.54, 1.807) is 0 Å². The number of carbonyl (C=O) groups excluding carboxylic acids is 1. The molecule has 2 unspecified atom stereocenters. The van der Waals surface area contributed by atoms with Gasteiger partial charge in [0, 0.05) is 32.0 Å². The van der Waals surface area contributed by atoms with Gasteiger partial charge in [0.15, 0.2) is 0 Å². The standard InChI is InChI=1S/C15H19N3O2/c1-11-7-17(10-13(11)15(19)20-2)8-12-9-18-6-4-3-5-14(18)16-12/h3-6,9,11,13H,7-8,10H2,1-2H3. The third kappa shape index (κ3) is 2.41. The van der Waals surface area contributed by atoms with Crippen LogP contribution in [0.25, 0.3) is 5.65 Å². The molecule has 2 aromatic heterocycles. The number of ether oxygens (including phenoxy) is 1. The Bertz CT molecular complexity index is 589. The summed E-state index contributed by atoms with van der Waals surface area (Å²) in [6.07, 6.45) is 4.04. The quantitative estimate of drug-likeness (QED) is 0.797. The number of likely N-dealkylation sites (tertiary alicyclic amines) is 1. The summed E-state index contributed by atoms with van der Waals surface area (Å²) >= 11 is 0. The van der Waals surface area contributed by atoms with Gasteiger partial charge in [-0.1, -0.05) is 13.0 Å². The van der Waals surface area contributed by atoms with Crippen molar-refractivity contribution in [2.75, 3.05) is 20.2 Å². The molecule has 3 rings (SSSR count). The zero-order valence-corrected chi connectivity index (χ0v) is 11.8. The molecule has 0 aromatic carbocycles. The van der Waals surface area contributed by atoms with E-state index < -0.39 is 0 Å². The monoisotopic (exact) mass is 273 g/mol. The number of rotatable bonds is 3. The first-order valence-electron chi connectivity index (χ1n) is 6.90. The van der Waals surface area contributed by atoms with Crippen LogP contribution in [-0.4, -0.2) is 40.5 Å². The minimum atomic E-state index is -0.102. The van der Waals surface area contributed by atoms with Crippen molar-refractivity contribution in [1.82, 2.24) is 14.3 Å². The Morgan fingerprint density at radius 3 is 3.05 bits per heavy atom. The molecular weight excluding hydrogens is 254 g/mol. The largest absolute Gasteiger partial charge is 0.469 e. The van der Waals surface area contributed by atoms with E-state index in [9.17, 15) is 4.79 Å². The fourth-order valence-electron chi connectivity index (χ4n) is 2.95. The Morgan fingerprint density at radius 1 is 1.45 bits per heavy atom. The lowest BCUT2D eigenvalue weighted by atomic mass is 9.99. The van der Waals surface area contributed by atoms with E-state index >= 15 is 0 Å². The van der Waals surface area contributed by atoms with Crippen LogP contribution in [0.3, 0.4) is 0 Å². The number of methoxy groups -OCH3 is 1. The van der Waals surface area contributed by atoms with Gasteiger partial charge >= 0.3 is 5.97 Å². The Morgan fingerprint density at radius 2 is 2.30 bits per heavy atom. The Kier molecular flexibility index (Phi) is 3.44. The van der Waals surface area contributed by atoms with Crippen molar-refractivity contribution in [2.24, 2.45) is 11.8 Å². The average molecular weight is 273 g/mol. The van der Waals surface area contributed by atoms with Gasteiger partial charge in [-0.05, 0) is 18.1 Å². The van der Waals surface area contributed by atoms with Crippen LogP contribution >= 0.6 is 0 Å². The summed E-state index contributed by atoms with van der Waals surface area (Å²) in [6.45, 7) is 4.54. The van der Waals surface area contributed by atoms with Gasteiger partial charge in [-0.2, -0.15) is 0 Å². The second kappa shape index (κ2) is 5.25. The molecule has 3 heterocycles. The van der Waals surface area contributed by atoms with Gasteiger partial charge in [-0.15, -0.1) is 0 Å². The summed E-state index contributed by atoms with van der Waals surface area (Å²) in [4.78, 5) is 18.6. The van der Waals surface area contributed by atoms with Crippen LogP contribution < -0.4 is 0 Å². The van der Waals surface area contributed by atoms with Crippen LogP contribution in [0.15, 0.2) is 30.6 Å². The summed E-state index contributed by atoms with van der Waals surface area (Å²) in [5.74, 6) is 0.214. The molecule has 20 heavy (non-hydrogen) atoms. The molecular formula is C15H19N3O2. The molecule has 1 saturated heterocycles. The van der Waals surface area contributed by atoms with Crippen LogP contribution in [0, 0.1) is 11.8 Å². The van der Waals surface area contributed by atoms with Gasteiger partial charge in [0.2, 0.25) is 0 Å². The lowest BCUT2D eigenvalue weighted by Crippen LogP contribution is -2.24. The zero-order chi connectivity index (χ0) is 14.1. The molecule has 0 bridgehead atoms. The first kappa shape index (κ1) is 13.1. The molecule has 2 aromatic rings. The normalized spacial score (nSPS) is 23.3. The van der Waals surface area contributed by atoms with Crippen molar-refractivity contribution >= 4 is 11.6 Å². The van der Waals surface area contributed by atoms with Crippen molar-refractivity contribution in [3.8, 4) is 0 Å². The molecule has 0 N–H and O–H groups in total. The SMILES string of the molecule is COC(=O)C1CN(Cc2cn3ccccc3n2)CC1C. The van der Waals surface area contributed by atoms with Gasteiger partial charge in [0.1, 0.15) is 5.65 Å². The molecule has 0 aliphatic carbocycles. The van der Waals surface area contributed by atoms with E-state index in [4.69, 9.17) is 4.74 Å². The van der Waals surface area contributed by atoms with Crippen LogP contribution in [-0.2, 0) is 16.1 Å². The molecule has 2 atom stereocenters. The van der Waals surface area contributed by atoms with Crippen molar-refractivity contribution in [2.45, 2.75) is 13.5 Å². The van der Waals surface area contributed by atoms with Crippen molar-refractivity contribution in [3.63, 3.8) is 0 Å². The third-order valence-electron chi connectivity index (χ3n) is 3.99. The van der Waals surface area contributed by atoms with E-state index in [0.717, 1.165) is 31.0 Å². The molecule has 106 valence electrons. The highest BCUT2D eigenvalue weighted by molar-refractivity contribution is 5.73. The maximum atomic E-state index is 11.7. The minimum absolute atomic E-state index is 0.0166. The number of pyridine rings is 1. The maximum Gasteiger partial charge on any atom is 0.310 e. The number of nitrogens with zero attached hydrogens (tertiary/aromatic N) is 3. The van der Waals surface area contributed by atoms with Crippen molar-refractivity contribution < 1.29 is 9.53 Å². The summed E-state index contributed by atoms with van der Waals surface area (Å²) in [5, 5.41) is 0. The fraction of sp³-hybridized carbons (Fsp3) is 0.467. The highest BCUT2D eigenvalue weighted by Gasteiger charge is 2.35. The summed E-state index contributed by atoms with van der Waals surface area (Å²) < 4.78 is 6.89. The maximum absolute atomic E-state index is 11.7. The van der Waals surface area contributed by atoms with E-state index in [2.05, 4.69) is 16.8 Å². The van der Waals surface area contributed by atoms with Gasteiger partial charge in [-0.3, -0.25) is 9.69 Å². The molecule has 5 nitrogen and oxygen atoms in total. The number of aromatic nitrogens is 2. The average Bonchev–Trinajstić information content (AvgIpc) is 3.01. The molecule has 1 aliphatic heterocycles. The second-order valence-electron chi connectivity index (χ2n) is 5.50. The lowest BCUT2D eigenvalue weighted by Gasteiger charge is -2.13. The van der Waals surface area contributed by atoms with Gasteiger partial charge in [-0.25, -0.2) is 4.98 Å². The number of imidazole rings is 1. The number of hydrogen-bond donors (Lipinski definition) is 0. The van der Waals surface area contributed by atoms with Crippen LogP contribution in [0.1, 0.15) is 12.6 Å². The molecule has 0 saturated carbocycles. The molecule has 1 fully saturated rings. The second-order valence-corrected chi connectivity index (χ2v) is 5.50. The smallest absolute Gasteiger partial charge is 0.310 e. The Balaban J connectivity index is 1.71. The summed E-state index contributed by atoms with van der Waals surface area (Å²) in [7, 11) is 1.46. The molecule has 0 radical (unpaired) electrons. The number of hydrogen-bond acceptors (Lipinski definition) is 4. The Labute approximate surface area is 118 Å². The third-order valence-corrected chi connectivity index (χ3v) is 3.99. The molecule has 5 heteroatoms. The van der Waals surface area contributed by atoms with Crippen molar-refractivity contribution in [3.05, 3.63) is 36.3 Å². The van der Waals surface area contributed by atoms with Gasteiger partial charge < -0.3 is 9.14 Å². The highest BCUT2D eigenvalue weighted by atomic mass is 16.5. The van der Waals surface area contributed by atoms with E-state index in [1.165, 1.54) is 7.11 Å².